The number of hydrogen-bond donors (Lipinski definition) is 0. The van der Waals surface area contributed by atoms with Gasteiger partial charge in [0, 0.05) is 12.6 Å². The van der Waals surface area contributed by atoms with E-state index in [1.54, 1.807) is 54.0 Å². The van der Waals surface area contributed by atoms with E-state index >= 15 is 0 Å². The van der Waals surface area contributed by atoms with E-state index in [9.17, 15) is 9.59 Å². The zero-order valence-electron chi connectivity index (χ0n) is 20.0. The number of carbonyl (C=O) groups is 1. The molecule has 174 valence electrons. The summed E-state index contributed by atoms with van der Waals surface area (Å²) >= 11 is 0. The van der Waals surface area contributed by atoms with Crippen molar-refractivity contribution in [3.63, 3.8) is 0 Å². The molecule has 0 bridgehead atoms. The summed E-state index contributed by atoms with van der Waals surface area (Å²) in [5.41, 5.74) is 2.94. The first-order valence-corrected chi connectivity index (χ1v) is 11.5. The summed E-state index contributed by atoms with van der Waals surface area (Å²) in [5, 5.41) is 0.546. The Morgan fingerprint density at radius 1 is 1.00 bits per heavy atom. The van der Waals surface area contributed by atoms with Gasteiger partial charge in [-0.15, -0.1) is 0 Å². The first-order chi connectivity index (χ1) is 16.5. The number of hydrogen-bond acceptors (Lipinski definition) is 4. The molecule has 0 radical (unpaired) electrons. The molecule has 6 nitrogen and oxygen atoms in total. The fourth-order valence-corrected chi connectivity index (χ4v) is 4.21. The van der Waals surface area contributed by atoms with Gasteiger partial charge in [-0.05, 0) is 66.9 Å². The Labute approximate surface area is 199 Å². The summed E-state index contributed by atoms with van der Waals surface area (Å²) in [5.74, 6) is 1.08. The molecule has 0 saturated heterocycles. The summed E-state index contributed by atoms with van der Waals surface area (Å²) in [7, 11) is 3.35. The molecule has 4 aromatic rings. The van der Waals surface area contributed by atoms with E-state index in [4.69, 9.17) is 9.72 Å². The highest BCUT2D eigenvalue weighted by Crippen LogP contribution is 2.27. The minimum absolute atomic E-state index is 0.145. The van der Waals surface area contributed by atoms with Crippen molar-refractivity contribution in [1.82, 2.24) is 14.5 Å². The molecular weight excluding hydrogens is 426 g/mol. The van der Waals surface area contributed by atoms with Gasteiger partial charge in [0.05, 0.1) is 29.7 Å². The number of nitrogens with zero attached hydrogens (tertiary/aromatic N) is 3. The maximum Gasteiger partial charge on any atom is 0.266 e. The number of aromatic nitrogens is 2. The van der Waals surface area contributed by atoms with Crippen LogP contribution in [0.25, 0.3) is 16.6 Å². The highest BCUT2D eigenvalue weighted by molar-refractivity contribution is 5.94. The Balaban J connectivity index is 1.85. The highest BCUT2D eigenvalue weighted by Gasteiger charge is 2.27. The third kappa shape index (κ3) is 4.31. The van der Waals surface area contributed by atoms with Crippen LogP contribution in [0.15, 0.2) is 77.6 Å². The molecule has 0 saturated carbocycles. The van der Waals surface area contributed by atoms with Crippen molar-refractivity contribution in [3.8, 4) is 11.4 Å². The average molecular weight is 456 g/mol. The van der Waals surface area contributed by atoms with Crippen molar-refractivity contribution in [2.45, 2.75) is 32.7 Å². The topological polar surface area (TPSA) is 64.4 Å². The van der Waals surface area contributed by atoms with Gasteiger partial charge < -0.3 is 9.64 Å². The Morgan fingerprint density at radius 2 is 1.68 bits per heavy atom. The molecule has 0 spiro atoms. The van der Waals surface area contributed by atoms with E-state index in [0.29, 0.717) is 34.5 Å². The number of benzene rings is 3. The molecule has 1 amide bonds. The Morgan fingerprint density at radius 3 is 2.29 bits per heavy atom. The lowest BCUT2D eigenvalue weighted by atomic mass is 10.1. The van der Waals surface area contributed by atoms with Gasteiger partial charge in [0.15, 0.2) is 0 Å². The minimum Gasteiger partial charge on any atom is -0.497 e. The van der Waals surface area contributed by atoms with Crippen molar-refractivity contribution >= 4 is 16.8 Å². The zero-order chi connectivity index (χ0) is 24.2. The predicted molar refractivity (Wildman–Crippen MR) is 135 cm³/mol. The minimum atomic E-state index is -0.405. The van der Waals surface area contributed by atoms with Gasteiger partial charge in [0.25, 0.3) is 11.5 Å². The number of ether oxygens (including phenoxy) is 1. The van der Waals surface area contributed by atoms with Crippen LogP contribution in [0.3, 0.4) is 0 Å². The number of aryl methyl sites for hydroxylation is 1. The lowest BCUT2D eigenvalue weighted by Gasteiger charge is -2.29. The van der Waals surface area contributed by atoms with Crippen LogP contribution >= 0.6 is 0 Å². The van der Waals surface area contributed by atoms with Crippen LogP contribution in [0.1, 0.15) is 48.1 Å². The van der Waals surface area contributed by atoms with E-state index in [1.807, 2.05) is 49.4 Å². The Hall–Kier alpha value is -3.93. The number of fused-ring (bicyclic) bond motifs is 1. The smallest absolute Gasteiger partial charge is 0.266 e. The second kappa shape index (κ2) is 9.91. The van der Waals surface area contributed by atoms with Gasteiger partial charge in [-0.1, -0.05) is 38.1 Å². The average Bonchev–Trinajstić information content (AvgIpc) is 2.89. The van der Waals surface area contributed by atoms with E-state index in [-0.39, 0.29) is 11.5 Å². The number of methoxy groups -OCH3 is 1. The molecule has 1 atom stereocenters. The van der Waals surface area contributed by atoms with E-state index in [2.05, 4.69) is 6.92 Å². The van der Waals surface area contributed by atoms with Crippen molar-refractivity contribution in [2.75, 3.05) is 14.2 Å². The fraction of sp³-hybridized carbons (Fsp3) is 0.250. The second-order valence-corrected chi connectivity index (χ2v) is 8.22. The largest absolute Gasteiger partial charge is 0.497 e. The monoisotopic (exact) mass is 455 g/mol. The number of amides is 1. The summed E-state index contributed by atoms with van der Waals surface area (Å²) in [6, 6.07) is 21.9. The van der Waals surface area contributed by atoms with Gasteiger partial charge in [0.1, 0.15) is 11.6 Å². The molecule has 0 aliphatic rings. The first kappa shape index (κ1) is 23.2. The van der Waals surface area contributed by atoms with Crippen molar-refractivity contribution in [1.29, 1.82) is 0 Å². The number of para-hydroxylation sites is 1. The predicted octanol–water partition coefficient (Wildman–Crippen LogP) is 5.18. The fourth-order valence-electron chi connectivity index (χ4n) is 4.21. The standard InChI is InChI=1S/C28H29N3O3/c1-5-19-11-15-21(16-12-19)31-26(29-24-10-8-7-9-23(24)28(31)33)25(6-2)30(3)27(32)20-13-17-22(34-4)18-14-20/h7-18,25H,5-6H2,1-4H3. The highest BCUT2D eigenvalue weighted by atomic mass is 16.5. The summed E-state index contributed by atoms with van der Waals surface area (Å²) in [6.07, 6.45) is 1.50. The quantitative estimate of drug-likeness (QED) is 0.385. The number of rotatable bonds is 7. The maximum atomic E-state index is 13.7. The van der Waals surface area contributed by atoms with E-state index < -0.39 is 6.04 Å². The van der Waals surface area contributed by atoms with Crippen molar-refractivity contribution < 1.29 is 9.53 Å². The third-order valence-electron chi connectivity index (χ3n) is 6.21. The SMILES string of the molecule is CCc1ccc(-n2c(C(CC)N(C)C(=O)c3ccc(OC)cc3)nc3ccccc3c2=O)cc1. The molecule has 34 heavy (non-hydrogen) atoms. The van der Waals surface area contributed by atoms with Crippen LogP contribution in [0.2, 0.25) is 0 Å². The first-order valence-electron chi connectivity index (χ1n) is 11.5. The van der Waals surface area contributed by atoms with Crippen LogP contribution in [0.5, 0.6) is 5.75 Å². The molecule has 1 heterocycles. The van der Waals surface area contributed by atoms with Gasteiger partial charge in [0.2, 0.25) is 0 Å². The van der Waals surface area contributed by atoms with Crippen LogP contribution in [0, 0.1) is 0 Å². The van der Waals surface area contributed by atoms with E-state index in [0.717, 1.165) is 12.1 Å². The molecule has 4 rings (SSSR count). The van der Waals surface area contributed by atoms with Gasteiger partial charge in [-0.3, -0.25) is 14.2 Å². The lowest BCUT2D eigenvalue weighted by Crippen LogP contribution is -2.36. The van der Waals surface area contributed by atoms with Crippen LogP contribution in [-0.4, -0.2) is 34.5 Å². The molecule has 0 fully saturated rings. The molecule has 3 aromatic carbocycles. The molecule has 1 unspecified atom stereocenters. The summed E-state index contributed by atoms with van der Waals surface area (Å²) < 4.78 is 6.86. The van der Waals surface area contributed by atoms with E-state index in [1.165, 1.54) is 5.56 Å². The molecule has 0 aliphatic heterocycles. The molecule has 0 N–H and O–H groups in total. The van der Waals surface area contributed by atoms with Crippen LogP contribution in [-0.2, 0) is 6.42 Å². The van der Waals surface area contributed by atoms with Crippen LogP contribution in [0.4, 0.5) is 0 Å². The van der Waals surface area contributed by atoms with Gasteiger partial charge in [-0.25, -0.2) is 4.98 Å². The molecular formula is C28H29N3O3. The lowest BCUT2D eigenvalue weighted by molar-refractivity contribution is 0.0717. The molecule has 6 heteroatoms. The maximum absolute atomic E-state index is 13.7. The summed E-state index contributed by atoms with van der Waals surface area (Å²) in [4.78, 5) is 33.6. The van der Waals surface area contributed by atoms with Crippen molar-refractivity contribution in [3.05, 3.63) is 100 Å². The van der Waals surface area contributed by atoms with Gasteiger partial charge >= 0.3 is 0 Å². The van der Waals surface area contributed by atoms with Gasteiger partial charge in [-0.2, -0.15) is 0 Å². The number of carbonyl (C=O) groups excluding carboxylic acids is 1. The Kier molecular flexibility index (Phi) is 6.77. The molecule has 1 aromatic heterocycles. The normalized spacial score (nSPS) is 11.9. The zero-order valence-corrected chi connectivity index (χ0v) is 20.0. The van der Waals surface area contributed by atoms with Crippen LogP contribution < -0.4 is 10.3 Å². The Bertz CT molecular complexity index is 1360. The molecule has 0 aliphatic carbocycles. The second-order valence-electron chi connectivity index (χ2n) is 8.22. The van der Waals surface area contributed by atoms with Crippen molar-refractivity contribution in [2.24, 2.45) is 0 Å². The third-order valence-corrected chi connectivity index (χ3v) is 6.21. The summed E-state index contributed by atoms with van der Waals surface area (Å²) in [6.45, 7) is 4.09.